The Balaban J connectivity index is 1.56. The maximum atomic E-state index is 13.2. The highest BCUT2D eigenvalue weighted by Gasteiger charge is 2.30. The Morgan fingerprint density at radius 3 is 2.71 bits per heavy atom. The first kappa shape index (κ1) is 18.2. The molecule has 1 atom stereocenters. The Labute approximate surface area is 161 Å². The first-order valence-corrected chi connectivity index (χ1v) is 9.19. The van der Waals surface area contributed by atoms with E-state index in [2.05, 4.69) is 25.4 Å². The zero-order valence-electron chi connectivity index (χ0n) is 15.8. The highest BCUT2D eigenvalue weighted by atomic mass is 16.3. The van der Waals surface area contributed by atoms with Gasteiger partial charge in [-0.1, -0.05) is 0 Å². The second-order valence-electron chi connectivity index (χ2n) is 7.35. The standard InChI is InChI=1S/C18H22N8O2/c1-18(2,28)15-11-22-25(23-15)13-5-4-10-24(12-13)17(27)14-6-3-7-19-16(14)26-20-8-9-21-26/h3,6-9,11,13,28H,4-5,10,12H2,1-2H3. The van der Waals surface area contributed by atoms with E-state index in [4.69, 9.17) is 0 Å². The smallest absolute Gasteiger partial charge is 0.257 e. The van der Waals surface area contributed by atoms with Crippen molar-refractivity contribution in [3.05, 3.63) is 48.2 Å². The predicted molar refractivity (Wildman–Crippen MR) is 98.6 cm³/mol. The van der Waals surface area contributed by atoms with Gasteiger partial charge in [-0.15, -0.1) is 4.80 Å². The van der Waals surface area contributed by atoms with E-state index < -0.39 is 5.60 Å². The van der Waals surface area contributed by atoms with Crippen molar-refractivity contribution in [2.45, 2.75) is 38.3 Å². The number of piperidine rings is 1. The predicted octanol–water partition coefficient (Wildman–Crippen LogP) is 0.958. The quantitative estimate of drug-likeness (QED) is 0.714. The van der Waals surface area contributed by atoms with Crippen molar-refractivity contribution in [2.24, 2.45) is 0 Å². The molecule has 0 aliphatic carbocycles. The van der Waals surface area contributed by atoms with Crippen LogP contribution in [0.5, 0.6) is 0 Å². The Morgan fingerprint density at radius 2 is 2.00 bits per heavy atom. The summed E-state index contributed by atoms with van der Waals surface area (Å²) in [6.45, 7) is 4.48. The number of pyridine rings is 1. The van der Waals surface area contributed by atoms with Gasteiger partial charge in [-0.2, -0.15) is 25.2 Å². The van der Waals surface area contributed by atoms with Crippen LogP contribution in [-0.4, -0.2) is 64.0 Å². The van der Waals surface area contributed by atoms with E-state index in [0.29, 0.717) is 30.2 Å². The molecule has 0 radical (unpaired) electrons. The molecule has 1 fully saturated rings. The lowest BCUT2D eigenvalue weighted by molar-refractivity contribution is 0.0640. The molecule has 1 N–H and O–H groups in total. The summed E-state index contributed by atoms with van der Waals surface area (Å²) in [4.78, 5) is 22.2. The van der Waals surface area contributed by atoms with Gasteiger partial charge in [-0.3, -0.25) is 4.79 Å². The fourth-order valence-electron chi connectivity index (χ4n) is 3.28. The van der Waals surface area contributed by atoms with E-state index in [1.54, 1.807) is 60.5 Å². The number of carbonyl (C=O) groups is 1. The van der Waals surface area contributed by atoms with Crippen molar-refractivity contribution in [3.63, 3.8) is 0 Å². The van der Waals surface area contributed by atoms with Crippen LogP contribution in [0.25, 0.3) is 5.82 Å². The topological polar surface area (TPSA) is 115 Å². The van der Waals surface area contributed by atoms with E-state index in [9.17, 15) is 9.90 Å². The van der Waals surface area contributed by atoms with E-state index >= 15 is 0 Å². The van der Waals surface area contributed by atoms with Gasteiger partial charge in [0.2, 0.25) is 0 Å². The molecule has 3 aromatic heterocycles. The summed E-state index contributed by atoms with van der Waals surface area (Å²) < 4.78 is 0. The van der Waals surface area contributed by atoms with Gasteiger partial charge >= 0.3 is 0 Å². The minimum absolute atomic E-state index is 0.0447. The van der Waals surface area contributed by atoms with Gasteiger partial charge in [-0.25, -0.2) is 4.98 Å². The van der Waals surface area contributed by atoms with Gasteiger partial charge in [-0.05, 0) is 38.8 Å². The first-order chi connectivity index (χ1) is 13.4. The molecule has 0 aromatic carbocycles. The average molecular weight is 382 g/mol. The molecule has 0 saturated carbocycles. The molecular formula is C18H22N8O2. The van der Waals surface area contributed by atoms with E-state index in [-0.39, 0.29) is 11.9 Å². The van der Waals surface area contributed by atoms with Crippen LogP contribution in [0.3, 0.4) is 0 Å². The average Bonchev–Trinajstić information content (AvgIpc) is 3.39. The zero-order chi connectivity index (χ0) is 19.7. The van der Waals surface area contributed by atoms with Gasteiger partial charge in [0.05, 0.1) is 30.2 Å². The van der Waals surface area contributed by atoms with Crippen molar-refractivity contribution in [2.75, 3.05) is 13.1 Å². The third-order valence-corrected chi connectivity index (χ3v) is 4.77. The number of aromatic nitrogens is 7. The maximum absolute atomic E-state index is 13.2. The van der Waals surface area contributed by atoms with Crippen molar-refractivity contribution >= 4 is 5.91 Å². The second kappa shape index (κ2) is 7.12. The summed E-state index contributed by atoms with van der Waals surface area (Å²) in [6.07, 6.45) is 7.98. The van der Waals surface area contributed by atoms with Crippen LogP contribution in [0, 0.1) is 0 Å². The number of amides is 1. The van der Waals surface area contributed by atoms with Crippen LogP contribution in [0.4, 0.5) is 0 Å². The Hall–Kier alpha value is -3.14. The molecule has 3 aromatic rings. The highest BCUT2D eigenvalue weighted by molar-refractivity contribution is 5.97. The van der Waals surface area contributed by atoms with Gasteiger partial charge in [0.1, 0.15) is 11.3 Å². The molecule has 0 bridgehead atoms. The van der Waals surface area contributed by atoms with Crippen LogP contribution < -0.4 is 0 Å². The molecule has 1 unspecified atom stereocenters. The number of aliphatic hydroxyl groups is 1. The summed E-state index contributed by atoms with van der Waals surface area (Å²) in [5, 5.41) is 27.0. The van der Waals surface area contributed by atoms with Crippen LogP contribution >= 0.6 is 0 Å². The third-order valence-electron chi connectivity index (χ3n) is 4.77. The lowest BCUT2D eigenvalue weighted by Gasteiger charge is -2.32. The molecule has 1 aliphatic heterocycles. The summed E-state index contributed by atoms with van der Waals surface area (Å²) in [5.41, 5.74) is -0.0933. The van der Waals surface area contributed by atoms with Crippen molar-refractivity contribution in [3.8, 4) is 5.82 Å². The minimum atomic E-state index is -1.05. The summed E-state index contributed by atoms with van der Waals surface area (Å²) in [5.74, 6) is 0.279. The number of hydrogen-bond acceptors (Lipinski definition) is 7. The van der Waals surface area contributed by atoms with Gasteiger partial charge in [0.15, 0.2) is 5.82 Å². The van der Waals surface area contributed by atoms with E-state index in [1.807, 2.05) is 0 Å². The van der Waals surface area contributed by atoms with Crippen LogP contribution in [0.15, 0.2) is 36.9 Å². The fourth-order valence-corrected chi connectivity index (χ4v) is 3.28. The molecule has 146 valence electrons. The van der Waals surface area contributed by atoms with E-state index in [1.165, 1.54) is 4.80 Å². The lowest BCUT2D eigenvalue weighted by Crippen LogP contribution is -2.41. The maximum Gasteiger partial charge on any atom is 0.257 e. The van der Waals surface area contributed by atoms with E-state index in [0.717, 1.165) is 12.8 Å². The monoisotopic (exact) mass is 382 g/mol. The molecule has 4 heterocycles. The third kappa shape index (κ3) is 3.50. The van der Waals surface area contributed by atoms with Crippen LogP contribution in [0.2, 0.25) is 0 Å². The first-order valence-electron chi connectivity index (χ1n) is 9.19. The van der Waals surface area contributed by atoms with Crippen molar-refractivity contribution in [1.29, 1.82) is 0 Å². The molecule has 1 amide bonds. The molecule has 0 spiro atoms. The van der Waals surface area contributed by atoms with Gasteiger partial charge < -0.3 is 10.0 Å². The lowest BCUT2D eigenvalue weighted by atomic mass is 10.0. The number of nitrogens with zero attached hydrogens (tertiary/aromatic N) is 8. The second-order valence-corrected chi connectivity index (χ2v) is 7.35. The van der Waals surface area contributed by atoms with Crippen molar-refractivity contribution < 1.29 is 9.90 Å². The molecule has 1 saturated heterocycles. The fraction of sp³-hybridized carbons (Fsp3) is 0.444. The van der Waals surface area contributed by atoms with Crippen LogP contribution in [-0.2, 0) is 5.60 Å². The number of rotatable bonds is 4. The molecule has 28 heavy (non-hydrogen) atoms. The van der Waals surface area contributed by atoms with Gasteiger partial charge in [0.25, 0.3) is 5.91 Å². The normalized spacial score (nSPS) is 17.7. The molecule has 4 rings (SSSR count). The Bertz CT molecular complexity index is 960. The summed E-state index contributed by atoms with van der Waals surface area (Å²) >= 11 is 0. The number of likely N-dealkylation sites (tertiary alicyclic amines) is 1. The Kier molecular flexibility index (Phi) is 4.63. The summed E-state index contributed by atoms with van der Waals surface area (Å²) in [7, 11) is 0. The number of hydrogen-bond donors (Lipinski definition) is 1. The minimum Gasteiger partial charge on any atom is -0.384 e. The molecule has 10 heteroatoms. The Morgan fingerprint density at radius 1 is 1.21 bits per heavy atom. The summed E-state index contributed by atoms with van der Waals surface area (Å²) in [6, 6.07) is 3.42. The number of carbonyl (C=O) groups excluding carboxylic acids is 1. The molecule has 10 nitrogen and oxygen atoms in total. The zero-order valence-corrected chi connectivity index (χ0v) is 15.8. The highest BCUT2D eigenvalue weighted by Crippen LogP contribution is 2.24. The van der Waals surface area contributed by atoms with Crippen LogP contribution in [0.1, 0.15) is 48.8 Å². The van der Waals surface area contributed by atoms with Gasteiger partial charge in [0, 0.05) is 19.3 Å². The largest absolute Gasteiger partial charge is 0.384 e. The molecule has 1 aliphatic rings. The van der Waals surface area contributed by atoms with Crippen molar-refractivity contribution in [1.82, 2.24) is 39.9 Å². The SMILES string of the molecule is CC(C)(O)c1cnn(C2CCCN(C(=O)c3cccnc3-n3nccn3)C2)n1. The molecular weight excluding hydrogens is 360 g/mol.